The summed E-state index contributed by atoms with van der Waals surface area (Å²) >= 11 is 0. The van der Waals surface area contributed by atoms with Crippen molar-refractivity contribution >= 4 is 5.69 Å². The van der Waals surface area contributed by atoms with Gasteiger partial charge >= 0.3 is 0 Å². The van der Waals surface area contributed by atoms with E-state index in [-0.39, 0.29) is 0 Å². The largest absolute Gasteiger partial charge is 0.351 e. The number of allylic oxidation sites excluding steroid dienone is 1. The van der Waals surface area contributed by atoms with Gasteiger partial charge in [0.1, 0.15) is 0 Å². The van der Waals surface area contributed by atoms with Gasteiger partial charge in [-0.05, 0) is 50.2 Å². The molecule has 1 nitrogen and oxygen atoms in total. The first-order valence-electron chi connectivity index (χ1n) is 4.58. The van der Waals surface area contributed by atoms with Crippen molar-refractivity contribution in [3.8, 4) is 0 Å². The molecule has 0 radical (unpaired) electrons. The molecule has 0 atom stereocenters. The summed E-state index contributed by atoms with van der Waals surface area (Å²) in [6.07, 6.45) is 4.10. The number of anilines is 1. The third kappa shape index (κ3) is 2.35. The lowest BCUT2D eigenvalue weighted by atomic mass is 10.1. The lowest BCUT2D eigenvalue weighted by molar-refractivity contribution is 1.18. The van der Waals surface area contributed by atoms with Crippen molar-refractivity contribution in [1.29, 1.82) is 0 Å². The smallest absolute Gasteiger partial charge is 0.0406 e. The minimum absolute atomic E-state index is 1.24. The van der Waals surface area contributed by atoms with Crippen molar-refractivity contribution in [3.05, 3.63) is 41.6 Å². The molecule has 0 aliphatic carbocycles. The SMILES string of the molecule is C/C=C\N(C)c1ccc(C)c(C)c1. The second-order valence-electron chi connectivity index (χ2n) is 3.36. The molecule has 0 aliphatic heterocycles. The Labute approximate surface area is 80.7 Å². The Morgan fingerprint density at radius 2 is 1.85 bits per heavy atom. The maximum absolute atomic E-state index is 2.20. The molecule has 0 amide bonds. The number of nitrogens with zero attached hydrogens (tertiary/aromatic N) is 1. The minimum Gasteiger partial charge on any atom is -0.351 e. The van der Waals surface area contributed by atoms with Crippen LogP contribution >= 0.6 is 0 Å². The van der Waals surface area contributed by atoms with Gasteiger partial charge in [0, 0.05) is 12.7 Å². The quantitative estimate of drug-likeness (QED) is 0.666. The van der Waals surface area contributed by atoms with E-state index in [0.717, 1.165) is 0 Å². The molecule has 0 saturated carbocycles. The van der Waals surface area contributed by atoms with Crippen LogP contribution in [-0.4, -0.2) is 7.05 Å². The molecule has 0 saturated heterocycles. The first-order chi connectivity index (χ1) is 6.15. The fourth-order valence-corrected chi connectivity index (χ4v) is 1.25. The van der Waals surface area contributed by atoms with Gasteiger partial charge in [0.15, 0.2) is 0 Å². The molecule has 1 aromatic rings. The molecule has 13 heavy (non-hydrogen) atoms. The maximum Gasteiger partial charge on any atom is 0.0406 e. The standard InChI is InChI=1S/C12H17N/c1-5-8-13(4)12-7-6-10(2)11(3)9-12/h5-9H,1-4H3/b8-5-. The van der Waals surface area contributed by atoms with Gasteiger partial charge in [0.2, 0.25) is 0 Å². The van der Waals surface area contributed by atoms with Gasteiger partial charge in [-0.15, -0.1) is 0 Å². The van der Waals surface area contributed by atoms with Crippen LogP contribution in [0.1, 0.15) is 18.1 Å². The van der Waals surface area contributed by atoms with E-state index in [1.54, 1.807) is 0 Å². The summed E-state index contributed by atoms with van der Waals surface area (Å²) in [5.41, 5.74) is 3.92. The van der Waals surface area contributed by atoms with Crippen LogP contribution in [0.5, 0.6) is 0 Å². The molecule has 0 bridgehead atoms. The van der Waals surface area contributed by atoms with E-state index in [1.807, 2.05) is 13.0 Å². The van der Waals surface area contributed by atoms with Crippen LogP contribution in [0.15, 0.2) is 30.5 Å². The molecule has 1 aromatic carbocycles. The lowest BCUT2D eigenvalue weighted by Gasteiger charge is -2.15. The highest BCUT2D eigenvalue weighted by Crippen LogP contribution is 2.17. The zero-order valence-electron chi connectivity index (χ0n) is 8.83. The molecule has 1 heteroatoms. The summed E-state index contributed by atoms with van der Waals surface area (Å²) in [4.78, 5) is 2.12. The molecular weight excluding hydrogens is 158 g/mol. The van der Waals surface area contributed by atoms with Crippen LogP contribution in [0.2, 0.25) is 0 Å². The van der Waals surface area contributed by atoms with E-state index >= 15 is 0 Å². The van der Waals surface area contributed by atoms with Gasteiger partial charge in [-0.3, -0.25) is 0 Å². The second kappa shape index (κ2) is 4.13. The van der Waals surface area contributed by atoms with E-state index in [1.165, 1.54) is 16.8 Å². The van der Waals surface area contributed by atoms with Crippen molar-refractivity contribution < 1.29 is 0 Å². The number of hydrogen-bond acceptors (Lipinski definition) is 1. The van der Waals surface area contributed by atoms with Gasteiger partial charge in [0.05, 0.1) is 0 Å². The highest BCUT2D eigenvalue weighted by atomic mass is 15.1. The Bertz CT molecular complexity index is 313. The average Bonchev–Trinajstić information content (AvgIpc) is 2.10. The summed E-state index contributed by atoms with van der Waals surface area (Å²) in [6, 6.07) is 6.50. The molecule has 0 heterocycles. The van der Waals surface area contributed by atoms with Gasteiger partial charge in [-0.2, -0.15) is 0 Å². The molecule has 0 aromatic heterocycles. The predicted molar refractivity (Wildman–Crippen MR) is 59.1 cm³/mol. The fraction of sp³-hybridized carbons (Fsp3) is 0.333. The van der Waals surface area contributed by atoms with Gasteiger partial charge < -0.3 is 4.90 Å². The van der Waals surface area contributed by atoms with E-state index in [0.29, 0.717) is 0 Å². The van der Waals surface area contributed by atoms with Crippen molar-refractivity contribution in [3.63, 3.8) is 0 Å². The molecular formula is C12H17N. The van der Waals surface area contributed by atoms with Crippen LogP contribution in [0, 0.1) is 13.8 Å². The Morgan fingerprint density at radius 3 is 2.38 bits per heavy atom. The summed E-state index contributed by atoms with van der Waals surface area (Å²) in [6.45, 7) is 6.30. The van der Waals surface area contributed by atoms with Gasteiger partial charge in [-0.25, -0.2) is 0 Å². The Balaban J connectivity index is 2.96. The van der Waals surface area contributed by atoms with Gasteiger partial charge in [0.25, 0.3) is 0 Å². The monoisotopic (exact) mass is 175 g/mol. The van der Waals surface area contributed by atoms with Crippen molar-refractivity contribution in [2.24, 2.45) is 0 Å². The van der Waals surface area contributed by atoms with Gasteiger partial charge in [-0.1, -0.05) is 12.1 Å². The maximum atomic E-state index is 2.20. The first-order valence-corrected chi connectivity index (χ1v) is 4.58. The van der Waals surface area contributed by atoms with Crippen molar-refractivity contribution in [2.75, 3.05) is 11.9 Å². The Kier molecular flexibility index (Phi) is 3.13. The molecule has 0 N–H and O–H groups in total. The van der Waals surface area contributed by atoms with Crippen LogP contribution < -0.4 is 4.90 Å². The molecule has 70 valence electrons. The highest BCUT2D eigenvalue weighted by Gasteiger charge is 1.98. The first kappa shape index (κ1) is 9.85. The molecule has 0 spiro atoms. The van der Waals surface area contributed by atoms with Crippen LogP contribution in [-0.2, 0) is 0 Å². The molecule has 0 unspecified atom stereocenters. The average molecular weight is 175 g/mol. The lowest BCUT2D eigenvalue weighted by Crippen LogP contribution is -2.07. The molecule has 0 aliphatic rings. The second-order valence-corrected chi connectivity index (χ2v) is 3.36. The topological polar surface area (TPSA) is 3.24 Å². The van der Waals surface area contributed by atoms with Crippen LogP contribution in [0.3, 0.4) is 0 Å². The van der Waals surface area contributed by atoms with Crippen molar-refractivity contribution in [2.45, 2.75) is 20.8 Å². The Morgan fingerprint density at radius 1 is 1.15 bits per heavy atom. The third-order valence-electron chi connectivity index (χ3n) is 2.27. The summed E-state index contributed by atoms with van der Waals surface area (Å²) < 4.78 is 0. The Hall–Kier alpha value is -1.24. The summed E-state index contributed by atoms with van der Waals surface area (Å²) in [5.74, 6) is 0. The van der Waals surface area contributed by atoms with Crippen LogP contribution in [0.4, 0.5) is 5.69 Å². The number of benzene rings is 1. The summed E-state index contributed by atoms with van der Waals surface area (Å²) in [5, 5.41) is 0. The number of aryl methyl sites for hydroxylation is 2. The highest BCUT2D eigenvalue weighted by molar-refractivity contribution is 5.51. The minimum atomic E-state index is 1.24. The van der Waals surface area contributed by atoms with E-state index < -0.39 is 0 Å². The zero-order chi connectivity index (χ0) is 9.84. The predicted octanol–water partition coefficient (Wildman–Crippen LogP) is 3.27. The van der Waals surface area contributed by atoms with E-state index in [4.69, 9.17) is 0 Å². The third-order valence-corrected chi connectivity index (χ3v) is 2.27. The zero-order valence-corrected chi connectivity index (χ0v) is 8.83. The van der Waals surface area contributed by atoms with E-state index in [9.17, 15) is 0 Å². The normalized spacial score (nSPS) is 10.8. The van der Waals surface area contributed by atoms with E-state index in [2.05, 4.69) is 50.2 Å². The molecule has 1 rings (SSSR count). The summed E-state index contributed by atoms with van der Waals surface area (Å²) in [7, 11) is 2.06. The number of hydrogen-bond donors (Lipinski definition) is 0. The van der Waals surface area contributed by atoms with Crippen LogP contribution in [0.25, 0.3) is 0 Å². The molecule has 0 fully saturated rings. The van der Waals surface area contributed by atoms with Crippen molar-refractivity contribution in [1.82, 2.24) is 0 Å². The fourth-order valence-electron chi connectivity index (χ4n) is 1.25. The number of rotatable bonds is 2.